The lowest BCUT2D eigenvalue weighted by molar-refractivity contribution is 0.296. The van der Waals surface area contributed by atoms with Crippen LogP contribution in [0.5, 0.6) is 11.5 Å². The number of oxazole rings is 1. The van der Waals surface area contributed by atoms with Gasteiger partial charge in [-0.15, -0.1) is 0 Å². The monoisotopic (exact) mass is 296 g/mol. The lowest BCUT2D eigenvalue weighted by atomic mass is 10.2. The summed E-state index contributed by atoms with van der Waals surface area (Å²) in [5.74, 6) is 1.61. The number of para-hydroxylation sites is 3. The third kappa shape index (κ3) is 2.45. The normalized spacial score (nSPS) is 13.8. The third-order valence-electron chi connectivity index (χ3n) is 3.58. The number of ether oxygens (including phenoxy) is 2. The zero-order valence-electron chi connectivity index (χ0n) is 12.0. The molecule has 0 unspecified atom stereocenters. The fourth-order valence-electron chi connectivity index (χ4n) is 2.51. The molecular formula is C17H16N2O3. The van der Waals surface area contributed by atoms with E-state index in [9.17, 15) is 0 Å². The second kappa shape index (κ2) is 5.60. The second-order valence-corrected chi connectivity index (χ2v) is 5.14. The summed E-state index contributed by atoms with van der Waals surface area (Å²) in [5.41, 5.74) is 2.65. The minimum absolute atomic E-state index is 0.508. The molecule has 1 N–H and O–H groups in total. The highest BCUT2D eigenvalue weighted by molar-refractivity contribution is 5.74. The summed E-state index contributed by atoms with van der Waals surface area (Å²) in [5, 5.41) is 3.21. The van der Waals surface area contributed by atoms with Crippen LogP contribution in [-0.4, -0.2) is 18.2 Å². The van der Waals surface area contributed by atoms with Gasteiger partial charge < -0.3 is 19.2 Å². The Labute approximate surface area is 127 Å². The largest absolute Gasteiger partial charge is 0.490 e. The number of fused-ring (bicyclic) bond motifs is 2. The molecule has 0 saturated carbocycles. The van der Waals surface area contributed by atoms with Crippen LogP contribution < -0.4 is 14.8 Å². The van der Waals surface area contributed by atoms with Gasteiger partial charge >= 0.3 is 0 Å². The quantitative estimate of drug-likeness (QED) is 0.800. The molecule has 0 bridgehead atoms. The Kier molecular flexibility index (Phi) is 3.31. The molecule has 5 heteroatoms. The van der Waals surface area contributed by atoms with Crippen molar-refractivity contribution < 1.29 is 13.9 Å². The zero-order chi connectivity index (χ0) is 14.8. The van der Waals surface area contributed by atoms with Gasteiger partial charge in [0.1, 0.15) is 5.52 Å². The van der Waals surface area contributed by atoms with Crippen LogP contribution in [0.3, 0.4) is 0 Å². The molecule has 1 aliphatic heterocycles. The summed E-state index contributed by atoms with van der Waals surface area (Å²) in [6, 6.07) is 14.1. The van der Waals surface area contributed by atoms with Gasteiger partial charge in [0.25, 0.3) is 6.01 Å². The Bertz CT molecular complexity index is 764. The molecule has 5 nitrogen and oxygen atoms in total. The van der Waals surface area contributed by atoms with Crippen LogP contribution in [0.4, 0.5) is 6.01 Å². The van der Waals surface area contributed by atoms with Gasteiger partial charge in [0.2, 0.25) is 0 Å². The van der Waals surface area contributed by atoms with Crippen molar-refractivity contribution >= 4 is 17.1 Å². The number of nitrogens with zero attached hydrogens (tertiary/aromatic N) is 1. The number of anilines is 1. The van der Waals surface area contributed by atoms with E-state index in [2.05, 4.69) is 10.3 Å². The van der Waals surface area contributed by atoms with Crippen molar-refractivity contribution in [3.63, 3.8) is 0 Å². The minimum atomic E-state index is 0.508. The molecule has 0 saturated heterocycles. The molecule has 112 valence electrons. The van der Waals surface area contributed by atoms with Crippen molar-refractivity contribution in [2.24, 2.45) is 0 Å². The number of benzene rings is 2. The summed E-state index contributed by atoms with van der Waals surface area (Å²) < 4.78 is 17.2. The fraction of sp³-hybridized carbons (Fsp3) is 0.235. The first kappa shape index (κ1) is 13.0. The molecule has 2 heterocycles. The summed E-state index contributed by atoms with van der Waals surface area (Å²) in [7, 11) is 0. The Hall–Kier alpha value is -2.69. The van der Waals surface area contributed by atoms with E-state index in [1.54, 1.807) is 0 Å². The maximum absolute atomic E-state index is 5.81. The van der Waals surface area contributed by atoms with Crippen LogP contribution >= 0.6 is 0 Å². The summed E-state index contributed by atoms with van der Waals surface area (Å²) in [4.78, 5) is 4.41. The first-order chi connectivity index (χ1) is 10.9. The van der Waals surface area contributed by atoms with Gasteiger partial charge in [0.15, 0.2) is 17.1 Å². The van der Waals surface area contributed by atoms with Crippen LogP contribution in [0.1, 0.15) is 12.0 Å². The molecule has 4 rings (SSSR count). The number of hydrogen-bond acceptors (Lipinski definition) is 5. The molecule has 0 fully saturated rings. The highest BCUT2D eigenvalue weighted by atomic mass is 16.5. The van der Waals surface area contributed by atoms with Crippen molar-refractivity contribution in [3.05, 3.63) is 48.0 Å². The standard InChI is InChI=1S/C17H16N2O3/c1-2-7-14-13(6-1)19-17(22-14)18-11-12-5-3-8-15-16(12)21-10-4-9-20-15/h1-3,5-8H,4,9-11H2,(H,18,19). The lowest BCUT2D eigenvalue weighted by Crippen LogP contribution is -2.03. The van der Waals surface area contributed by atoms with Crippen molar-refractivity contribution in [1.82, 2.24) is 4.98 Å². The minimum Gasteiger partial charge on any atom is -0.490 e. The highest BCUT2D eigenvalue weighted by Crippen LogP contribution is 2.33. The molecule has 0 radical (unpaired) electrons. The van der Waals surface area contributed by atoms with E-state index < -0.39 is 0 Å². The molecule has 3 aromatic rings. The molecule has 1 aromatic heterocycles. The van der Waals surface area contributed by atoms with Crippen LogP contribution in [0.2, 0.25) is 0 Å². The predicted octanol–water partition coefficient (Wildman–Crippen LogP) is 3.60. The van der Waals surface area contributed by atoms with Gasteiger partial charge in [-0.3, -0.25) is 0 Å². The molecule has 22 heavy (non-hydrogen) atoms. The van der Waals surface area contributed by atoms with Crippen molar-refractivity contribution in [2.45, 2.75) is 13.0 Å². The zero-order valence-corrected chi connectivity index (χ0v) is 12.0. The van der Waals surface area contributed by atoms with Crippen molar-refractivity contribution in [1.29, 1.82) is 0 Å². The predicted molar refractivity (Wildman–Crippen MR) is 83.4 cm³/mol. The van der Waals surface area contributed by atoms with Gasteiger partial charge in [0.05, 0.1) is 13.2 Å². The SMILES string of the molecule is c1cc(CNc2nc3ccccc3o2)c2c(c1)OCCCO2. The smallest absolute Gasteiger partial charge is 0.295 e. The molecular weight excluding hydrogens is 280 g/mol. The Morgan fingerprint density at radius 1 is 1.00 bits per heavy atom. The van der Waals surface area contributed by atoms with Gasteiger partial charge in [-0.25, -0.2) is 0 Å². The Balaban J connectivity index is 1.56. The average Bonchev–Trinajstić information content (AvgIpc) is 2.81. The third-order valence-corrected chi connectivity index (χ3v) is 3.58. The average molecular weight is 296 g/mol. The Morgan fingerprint density at radius 2 is 1.91 bits per heavy atom. The molecule has 0 atom stereocenters. The maximum Gasteiger partial charge on any atom is 0.295 e. The molecule has 0 amide bonds. The lowest BCUT2D eigenvalue weighted by Gasteiger charge is -2.12. The second-order valence-electron chi connectivity index (χ2n) is 5.14. The van der Waals surface area contributed by atoms with Gasteiger partial charge in [0, 0.05) is 18.5 Å². The van der Waals surface area contributed by atoms with E-state index in [0.29, 0.717) is 25.8 Å². The fourth-order valence-corrected chi connectivity index (χ4v) is 2.51. The first-order valence-electron chi connectivity index (χ1n) is 7.37. The van der Waals surface area contributed by atoms with Gasteiger partial charge in [-0.05, 0) is 18.2 Å². The van der Waals surface area contributed by atoms with E-state index >= 15 is 0 Å². The molecule has 0 aliphatic carbocycles. The summed E-state index contributed by atoms with van der Waals surface area (Å²) >= 11 is 0. The number of aromatic nitrogens is 1. The van der Waals surface area contributed by atoms with Crippen LogP contribution in [0, 0.1) is 0 Å². The first-order valence-corrected chi connectivity index (χ1v) is 7.37. The van der Waals surface area contributed by atoms with Crippen LogP contribution in [0.15, 0.2) is 46.9 Å². The maximum atomic E-state index is 5.81. The van der Waals surface area contributed by atoms with E-state index in [-0.39, 0.29) is 0 Å². The van der Waals surface area contributed by atoms with E-state index in [1.165, 1.54) is 0 Å². The Morgan fingerprint density at radius 3 is 2.86 bits per heavy atom. The highest BCUT2D eigenvalue weighted by Gasteiger charge is 2.14. The summed E-state index contributed by atoms with van der Waals surface area (Å²) in [6.07, 6.45) is 0.896. The number of rotatable bonds is 3. The van der Waals surface area contributed by atoms with Crippen LogP contribution in [-0.2, 0) is 6.54 Å². The van der Waals surface area contributed by atoms with E-state index in [0.717, 1.165) is 34.6 Å². The van der Waals surface area contributed by atoms with Gasteiger partial charge in [-0.2, -0.15) is 4.98 Å². The van der Waals surface area contributed by atoms with Gasteiger partial charge in [-0.1, -0.05) is 24.3 Å². The molecule has 2 aromatic carbocycles. The summed E-state index contributed by atoms with van der Waals surface area (Å²) in [6.45, 7) is 1.93. The van der Waals surface area contributed by atoms with E-state index in [4.69, 9.17) is 13.9 Å². The van der Waals surface area contributed by atoms with E-state index in [1.807, 2.05) is 42.5 Å². The number of hydrogen-bond donors (Lipinski definition) is 1. The number of nitrogens with one attached hydrogen (secondary N) is 1. The van der Waals surface area contributed by atoms with Crippen molar-refractivity contribution in [2.75, 3.05) is 18.5 Å². The molecule has 0 spiro atoms. The van der Waals surface area contributed by atoms with Crippen LogP contribution in [0.25, 0.3) is 11.1 Å². The van der Waals surface area contributed by atoms with Crippen molar-refractivity contribution in [3.8, 4) is 11.5 Å². The molecule has 1 aliphatic rings. The topological polar surface area (TPSA) is 56.5 Å².